The Balaban J connectivity index is 1.89. The van der Waals surface area contributed by atoms with Crippen LogP contribution in [0.15, 0.2) is 66.9 Å². The lowest BCUT2D eigenvalue weighted by Crippen LogP contribution is -1.81. The van der Waals surface area contributed by atoms with Crippen LogP contribution in [0.3, 0.4) is 0 Å². The Morgan fingerprint density at radius 2 is 1.48 bits per heavy atom. The van der Waals surface area contributed by atoms with E-state index < -0.39 is 7.53 Å². The number of aromatic nitrogens is 3. The molecule has 0 aliphatic heterocycles. The largest absolute Gasteiger partial charge is 0.197 e. The van der Waals surface area contributed by atoms with Gasteiger partial charge >= 0.3 is 0 Å². The molecule has 0 spiro atoms. The van der Waals surface area contributed by atoms with Gasteiger partial charge < -0.3 is 0 Å². The third-order valence-corrected chi connectivity index (χ3v) is 7.69. The smallest absolute Gasteiger partial charge is 0.117 e. The molecule has 3 nitrogen and oxygen atoms in total. The van der Waals surface area contributed by atoms with Crippen molar-refractivity contribution < 1.29 is 0 Å². The maximum atomic E-state index is 4.46. The Labute approximate surface area is 147 Å². The van der Waals surface area contributed by atoms with Crippen molar-refractivity contribution in [3.8, 4) is 27.2 Å². The van der Waals surface area contributed by atoms with Crippen LogP contribution in [0.25, 0.3) is 27.2 Å². The predicted molar refractivity (Wildman–Crippen MR) is 103 cm³/mol. The Hall–Kier alpha value is -2.64. The third-order valence-electron chi connectivity index (χ3n) is 4.96. The molecule has 0 amide bonds. The Morgan fingerprint density at radius 1 is 0.800 bits per heavy atom. The monoisotopic (exact) mass is 343 g/mol. The van der Waals surface area contributed by atoms with Gasteiger partial charge in [0.15, 0.2) is 0 Å². The standard InChI is InChI=1S/C21H18N3P/c1-3-8-15(9-4-1)20-17-12-7-13-18(17)21(19-14-22-24-23-19)25(20)16-10-5-2-6-11-16/h1-6,8-11,14H,7,12-13H2,(H,22,23,24). The van der Waals surface area contributed by atoms with E-state index in [0.717, 1.165) is 12.1 Å². The van der Waals surface area contributed by atoms with E-state index in [0.29, 0.717) is 0 Å². The zero-order valence-electron chi connectivity index (χ0n) is 13.8. The molecule has 2 aromatic carbocycles. The number of nitrogens with zero attached hydrogens (tertiary/aromatic N) is 2. The quantitative estimate of drug-likeness (QED) is 0.526. The highest BCUT2D eigenvalue weighted by molar-refractivity contribution is 7.63. The predicted octanol–water partition coefficient (Wildman–Crippen LogP) is 5.60. The van der Waals surface area contributed by atoms with Crippen LogP contribution in [0.5, 0.6) is 0 Å². The second-order valence-corrected chi connectivity index (χ2v) is 8.48. The number of fused-ring (bicyclic) bond motifs is 1. The summed E-state index contributed by atoms with van der Waals surface area (Å²) in [4.78, 5) is 0. The number of nitrogens with one attached hydrogen (secondary N) is 1. The lowest BCUT2D eigenvalue weighted by molar-refractivity contribution is 0.911. The highest BCUT2D eigenvalue weighted by Crippen LogP contribution is 2.62. The first-order valence-corrected chi connectivity index (χ1v) is 10.0. The first kappa shape index (κ1) is 14.7. The van der Waals surface area contributed by atoms with E-state index in [2.05, 4.69) is 76.1 Å². The molecule has 2 heterocycles. The summed E-state index contributed by atoms with van der Waals surface area (Å²) < 4.78 is 0. The van der Waals surface area contributed by atoms with E-state index in [4.69, 9.17) is 0 Å². The van der Waals surface area contributed by atoms with E-state index in [1.807, 2.05) is 6.20 Å². The van der Waals surface area contributed by atoms with Crippen molar-refractivity contribution in [2.75, 3.05) is 0 Å². The Morgan fingerprint density at radius 3 is 2.16 bits per heavy atom. The fraction of sp³-hybridized carbons (Fsp3) is 0.143. The molecule has 0 saturated heterocycles. The molecule has 1 N–H and O–H groups in total. The molecular formula is C21H18N3P. The topological polar surface area (TPSA) is 41.6 Å². The average Bonchev–Trinajstić information content (AvgIpc) is 3.39. The molecular weight excluding hydrogens is 325 g/mol. The summed E-state index contributed by atoms with van der Waals surface area (Å²) in [6, 6.07) is 21.8. The summed E-state index contributed by atoms with van der Waals surface area (Å²) in [5, 5.41) is 15.7. The number of aromatic amines is 1. The summed E-state index contributed by atoms with van der Waals surface area (Å²) >= 11 is 0. The summed E-state index contributed by atoms with van der Waals surface area (Å²) in [7, 11) is -0.590. The van der Waals surface area contributed by atoms with Gasteiger partial charge in [-0.1, -0.05) is 68.2 Å². The molecule has 0 bridgehead atoms. The van der Waals surface area contributed by atoms with Crippen LogP contribution in [0.1, 0.15) is 17.5 Å². The second kappa shape index (κ2) is 6.02. The summed E-state index contributed by atoms with van der Waals surface area (Å²) in [5.74, 6) is 0. The number of benzene rings is 2. The minimum absolute atomic E-state index is 0.590. The van der Waals surface area contributed by atoms with E-state index in [9.17, 15) is 0 Å². The number of rotatable bonds is 3. The van der Waals surface area contributed by atoms with Crippen molar-refractivity contribution in [2.45, 2.75) is 19.3 Å². The van der Waals surface area contributed by atoms with Gasteiger partial charge in [0.25, 0.3) is 0 Å². The molecule has 1 atom stereocenters. The van der Waals surface area contributed by atoms with E-state index >= 15 is 0 Å². The van der Waals surface area contributed by atoms with E-state index in [-0.39, 0.29) is 0 Å². The van der Waals surface area contributed by atoms with Crippen LogP contribution >= 0.6 is 7.53 Å². The normalized spacial score (nSPS) is 13.8. The van der Waals surface area contributed by atoms with Gasteiger partial charge in [-0.25, -0.2) is 0 Å². The van der Waals surface area contributed by atoms with Gasteiger partial charge in [-0.15, -0.1) is 0 Å². The lowest BCUT2D eigenvalue weighted by Gasteiger charge is -2.11. The molecule has 25 heavy (non-hydrogen) atoms. The maximum Gasteiger partial charge on any atom is 0.117 e. The minimum Gasteiger partial charge on any atom is -0.197 e. The molecule has 4 aromatic rings. The van der Waals surface area contributed by atoms with Gasteiger partial charge in [-0.3, -0.25) is 0 Å². The summed E-state index contributed by atoms with van der Waals surface area (Å²) in [5.41, 5.74) is 5.43. The first-order chi connectivity index (χ1) is 12.4. The molecule has 0 radical (unpaired) electrons. The van der Waals surface area contributed by atoms with Gasteiger partial charge in [0, 0.05) is 10.6 Å². The molecule has 4 heteroatoms. The van der Waals surface area contributed by atoms with Crippen LogP contribution in [0.2, 0.25) is 0 Å². The van der Waals surface area contributed by atoms with Crippen molar-refractivity contribution in [3.63, 3.8) is 0 Å². The molecule has 1 unspecified atom stereocenters. The first-order valence-electron chi connectivity index (χ1n) is 8.67. The molecule has 1 aliphatic carbocycles. The maximum absolute atomic E-state index is 4.46. The number of H-pyrrole nitrogens is 1. The highest BCUT2D eigenvalue weighted by Gasteiger charge is 2.29. The second-order valence-electron chi connectivity index (χ2n) is 6.40. The Bertz CT molecular complexity index is 1000. The fourth-order valence-electron chi connectivity index (χ4n) is 3.97. The van der Waals surface area contributed by atoms with Gasteiger partial charge in [-0.05, 0) is 41.3 Å². The molecule has 2 aromatic heterocycles. The fourth-order valence-corrected chi connectivity index (χ4v) is 6.96. The number of hydrogen-bond acceptors (Lipinski definition) is 2. The number of hydrogen-bond donors (Lipinski definition) is 1. The molecule has 122 valence electrons. The lowest BCUT2D eigenvalue weighted by atomic mass is 10.1. The van der Waals surface area contributed by atoms with Crippen LogP contribution in [0.4, 0.5) is 0 Å². The zero-order chi connectivity index (χ0) is 16.6. The van der Waals surface area contributed by atoms with Gasteiger partial charge in [0.2, 0.25) is 0 Å². The van der Waals surface area contributed by atoms with Crippen LogP contribution in [0, 0.1) is 0 Å². The van der Waals surface area contributed by atoms with Crippen molar-refractivity contribution in [1.82, 2.24) is 15.4 Å². The highest BCUT2D eigenvalue weighted by atomic mass is 31.1. The molecule has 0 fully saturated rings. The van der Waals surface area contributed by atoms with Crippen LogP contribution < -0.4 is 0 Å². The SMILES string of the molecule is c1ccc(-c2c3c(c(-c4cn[nH]n4)p2-c2ccccc2)CCC3)cc1. The van der Waals surface area contributed by atoms with Crippen molar-refractivity contribution in [3.05, 3.63) is 78.0 Å². The van der Waals surface area contributed by atoms with E-state index in [1.54, 1.807) is 5.56 Å². The minimum atomic E-state index is -0.590. The van der Waals surface area contributed by atoms with Crippen molar-refractivity contribution >= 4 is 7.53 Å². The van der Waals surface area contributed by atoms with Crippen molar-refractivity contribution in [1.29, 1.82) is 0 Å². The van der Waals surface area contributed by atoms with Crippen LogP contribution in [-0.2, 0) is 12.8 Å². The average molecular weight is 343 g/mol. The van der Waals surface area contributed by atoms with E-state index in [1.165, 1.54) is 39.9 Å². The zero-order valence-corrected chi connectivity index (χ0v) is 14.7. The molecule has 5 rings (SSSR count). The molecule has 1 aliphatic rings. The molecule has 0 saturated carbocycles. The van der Waals surface area contributed by atoms with Gasteiger partial charge in [-0.2, -0.15) is 15.4 Å². The summed E-state index contributed by atoms with van der Waals surface area (Å²) in [6.07, 6.45) is 5.44. The van der Waals surface area contributed by atoms with Gasteiger partial charge in [0.1, 0.15) is 5.69 Å². The third kappa shape index (κ3) is 2.35. The van der Waals surface area contributed by atoms with Crippen molar-refractivity contribution in [2.24, 2.45) is 0 Å². The van der Waals surface area contributed by atoms with Gasteiger partial charge in [0.05, 0.1) is 6.20 Å². The summed E-state index contributed by atoms with van der Waals surface area (Å²) in [6.45, 7) is 0. The Kier molecular flexibility index (Phi) is 3.53. The van der Waals surface area contributed by atoms with Crippen LogP contribution in [-0.4, -0.2) is 15.4 Å².